The molecule has 0 saturated heterocycles. The van der Waals surface area contributed by atoms with E-state index in [0.29, 0.717) is 23.9 Å². The second-order valence-corrected chi connectivity index (χ2v) is 8.31. The second kappa shape index (κ2) is 5.91. The molecular formula is C13H22N2O2S2. The van der Waals surface area contributed by atoms with Crippen LogP contribution in [0.1, 0.15) is 29.5 Å². The molecule has 1 fully saturated rings. The highest BCUT2D eigenvalue weighted by atomic mass is 32.2. The molecule has 0 aromatic carbocycles. The molecule has 1 N–H and O–H groups in total. The van der Waals surface area contributed by atoms with Gasteiger partial charge >= 0.3 is 0 Å². The zero-order chi connectivity index (χ0) is 14.0. The number of hydrogen-bond donors (Lipinski definition) is 1. The molecule has 2 rings (SSSR count). The van der Waals surface area contributed by atoms with Crippen molar-refractivity contribution in [1.82, 2.24) is 9.62 Å². The van der Waals surface area contributed by atoms with Crippen molar-refractivity contribution in [2.45, 2.75) is 38.1 Å². The maximum absolute atomic E-state index is 12.7. The van der Waals surface area contributed by atoms with Crippen molar-refractivity contribution in [1.29, 1.82) is 0 Å². The number of thiophene rings is 1. The number of nitrogens with zero attached hydrogens (tertiary/aromatic N) is 1. The van der Waals surface area contributed by atoms with Crippen LogP contribution in [0.2, 0.25) is 0 Å². The molecule has 1 aliphatic carbocycles. The molecule has 0 bridgehead atoms. The minimum atomic E-state index is -3.32. The first-order chi connectivity index (χ1) is 8.98. The summed E-state index contributed by atoms with van der Waals surface area (Å²) < 4.78 is 27.0. The first kappa shape index (κ1) is 15.0. The molecule has 6 heteroatoms. The molecule has 1 aromatic rings. The van der Waals surface area contributed by atoms with E-state index in [2.05, 4.69) is 5.32 Å². The van der Waals surface area contributed by atoms with E-state index in [1.54, 1.807) is 15.6 Å². The van der Waals surface area contributed by atoms with Crippen LogP contribution in [0, 0.1) is 12.8 Å². The van der Waals surface area contributed by atoms with Crippen LogP contribution in [0.4, 0.5) is 0 Å². The molecule has 19 heavy (non-hydrogen) atoms. The van der Waals surface area contributed by atoms with Gasteiger partial charge in [0.2, 0.25) is 10.0 Å². The van der Waals surface area contributed by atoms with Gasteiger partial charge in [-0.05, 0) is 38.8 Å². The van der Waals surface area contributed by atoms with Crippen LogP contribution in [0.15, 0.2) is 11.0 Å². The van der Waals surface area contributed by atoms with Crippen molar-refractivity contribution < 1.29 is 8.42 Å². The number of rotatable bonds is 7. The molecular weight excluding hydrogens is 280 g/mol. The van der Waals surface area contributed by atoms with Crippen molar-refractivity contribution in [2.75, 3.05) is 20.1 Å². The van der Waals surface area contributed by atoms with Crippen LogP contribution in [0.3, 0.4) is 0 Å². The summed E-state index contributed by atoms with van der Waals surface area (Å²) in [6, 6.07) is 1.82. The Labute approximate surface area is 119 Å². The highest BCUT2D eigenvalue weighted by molar-refractivity contribution is 7.89. The lowest BCUT2D eigenvalue weighted by molar-refractivity contribution is 0.412. The first-order valence-corrected chi connectivity index (χ1v) is 8.98. The van der Waals surface area contributed by atoms with Crippen LogP contribution >= 0.6 is 11.3 Å². The quantitative estimate of drug-likeness (QED) is 0.840. The van der Waals surface area contributed by atoms with Crippen molar-refractivity contribution in [3.8, 4) is 0 Å². The van der Waals surface area contributed by atoms with E-state index in [4.69, 9.17) is 0 Å². The zero-order valence-corrected chi connectivity index (χ0v) is 13.4. The normalized spacial score (nSPS) is 16.2. The van der Waals surface area contributed by atoms with Crippen molar-refractivity contribution >= 4 is 21.4 Å². The topological polar surface area (TPSA) is 49.4 Å². The van der Waals surface area contributed by atoms with E-state index in [0.717, 1.165) is 16.3 Å². The predicted octanol–water partition coefficient (Wildman–Crippen LogP) is 2.20. The third-order valence-corrected chi connectivity index (χ3v) is 6.65. The Morgan fingerprint density at radius 3 is 2.68 bits per heavy atom. The molecule has 0 amide bonds. The Kier molecular flexibility index (Phi) is 4.66. The SMILES string of the molecule is CCN(CC1CC1)S(=O)(=O)c1cc(CNC)sc1C. The van der Waals surface area contributed by atoms with Gasteiger partial charge in [0, 0.05) is 29.4 Å². The van der Waals surface area contributed by atoms with Gasteiger partial charge in [-0.15, -0.1) is 11.3 Å². The minimum Gasteiger partial charge on any atom is -0.315 e. The van der Waals surface area contributed by atoms with E-state index in [1.807, 2.05) is 27.0 Å². The molecule has 0 unspecified atom stereocenters. The number of sulfonamides is 1. The minimum absolute atomic E-state index is 0.491. The van der Waals surface area contributed by atoms with Gasteiger partial charge in [0.25, 0.3) is 0 Å². The van der Waals surface area contributed by atoms with E-state index >= 15 is 0 Å². The van der Waals surface area contributed by atoms with Crippen molar-refractivity contribution in [3.05, 3.63) is 15.8 Å². The summed E-state index contributed by atoms with van der Waals surface area (Å²) in [5, 5.41) is 3.06. The summed E-state index contributed by atoms with van der Waals surface area (Å²) >= 11 is 1.56. The van der Waals surface area contributed by atoms with Crippen molar-refractivity contribution in [3.63, 3.8) is 0 Å². The second-order valence-electron chi connectivity index (χ2n) is 5.06. The molecule has 1 aromatic heterocycles. The Balaban J connectivity index is 2.25. The number of aryl methyl sites for hydroxylation is 1. The predicted molar refractivity (Wildman–Crippen MR) is 79.0 cm³/mol. The average Bonchev–Trinajstić information content (AvgIpc) is 3.09. The van der Waals surface area contributed by atoms with E-state index in [1.165, 1.54) is 12.8 Å². The fraction of sp³-hybridized carbons (Fsp3) is 0.692. The molecule has 0 aliphatic heterocycles. The number of nitrogens with one attached hydrogen (secondary N) is 1. The summed E-state index contributed by atoms with van der Waals surface area (Å²) in [6.45, 7) is 5.75. The van der Waals surface area contributed by atoms with Gasteiger partial charge in [-0.1, -0.05) is 6.92 Å². The smallest absolute Gasteiger partial charge is 0.244 e. The average molecular weight is 302 g/mol. The standard InChI is InChI=1S/C13H22N2O2S2/c1-4-15(9-11-5-6-11)19(16,17)13-7-12(8-14-3)18-10(13)2/h7,11,14H,4-6,8-9H2,1-3H3. The van der Waals surface area contributed by atoms with Gasteiger partial charge in [-0.3, -0.25) is 0 Å². The largest absolute Gasteiger partial charge is 0.315 e. The Morgan fingerprint density at radius 1 is 1.47 bits per heavy atom. The van der Waals surface area contributed by atoms with Crippen LogP contribution in [-0.2, 0) is 16.6 Å². The fourth-order valence-corrected chi connectivity index (χ4v) is 5.31. The maximum atomic E-state index is 12.7. The van der Waals surface area contributed by atoms with Gasteiger partial charge in [0.15, 0.2) is 0 Å². The summed E-state index contributed by atoms with van der Waals surface area (Å²) in [7, 11) is -1.45. The molecule has 1 aliphatic rings. The lowest BCUT2D eigenvalue weighted by atomic mass is 10.4. The molecule has 1 heterocycles. The summed E-state index contributed by atoms with van der Waals surface area (Å²) in [6.07, 6.45) is 2.33. The highest BCUT2D eigenvalue weighted by Crippen LogP contribution is 2.33. The lowest BCUT2D eigenvalue weighted by Crippen LogP contribution is -2.32. The van der Waals surface area contributed by atoms with Crippen LogP contribution in [0.25, 0.3) is 0 Å². The molecule has 0 atom stereocenters. The third-order valence-electron chi connectivity index (χ3n) is 3.40. The molecule has 1 saturated carbocycles. The molecule has 0 radical (unpaired) electrons. The fourth-order valence-electron chi connectivity index (χ4n) is 2.17. The Bertz CT molecular complexity index is 533. The Morgan fingerprint density at radius 2 is 2.16 bits per heavy atom. The molecule has 108 valence electrons. The van der Waals surface area contributed by atoms with Crippen molar-refractivity contribution in [2.24, 2.45) is 5.92 Å². The van der Waals surface area contributed by atoms with Gasteiger partial charge in [-0.2, -0.15) is 4.31 Å². The third kappa shape index (κ3) is 3.37. The van der Waals surface area contributed by atoms with E-state index in [-0.39, 0.29) is 0 Å². The van der Waals surface area contributed by atoms with E-state index in [9.17, 15) is 8.42 Å². The van der Waals surface area contributed by atoms with Crippen LogP contribution < -0.4 is 5.32 Å². The van der Waals surface area contributed by atoms with E-state index < -0.39 is 10.0 Å². The lowest BCUT2D eigenvalue weighted by Gasteiger charge is -2.20. The van der Waals surface area contributed by atoms with Gasteiger partial charge in [-0.25, -0.2) is 8.42 Å². The summed E-state index contributed by atoms with van der Waals surface area (Å²) in [5.74, 6) is 0.574. The Hall–Kier alpha value is -0.430. The monoisotopic (exact) mass is 302 g/mol. The first-order valence-electron chi connectivity index (χ1n) is 6.73. The molecule has 0 spiro atoms. The van der Waals surface area contributed by atoms with Gasteiger partial charge in [0.1, 0.15) is 0 Å². The zero-order valence-electron chi connectivity index (χ0n) is 11.8. The highest BCUT2D eigenvalue weighted by Gasteiger charge is 2.32. The maximum Gasteiger partial charge on any atom is 0.244 e. The van der Waals surface area contributed by atoms with Gasteiger partial charge < -0.3 is 5.32 Å². The summed E-state index contributed by atoms with van der Waals surface area (Å²) in [5.41, 5.74) is 0. The summed E-state index contributed by atoms with van der Waals surface area (Å²) in [4.78, 5) is 2.45. The van der Waals surface area contributed by atoms with Crippen LogP contribution in [-0.4, -0.2) is 32.9 Å². The van der Waals surface area contributed by atoms with Crippen LogP contribution in [0.5, 0.6) is 0 Å². The molecule has 4 nitrogen and oxygen atoms in total. The number of hydrogen-bond acceptors (Lipinski definition) is 4. The van der Waals surface area contributed by atoms with Gasteiger partial charge in [0.05, 0.1) is 4.90 Å².